The van der Waals surface area contributed by atoms with Gasteiger partial charge < -0.3 is 10.6 Å². The number of rotatable bonds is 5. The molecule has 0 spiro atoms. The molecule has 0 radical (unpaired) electrons. The maximum atomic E-state index is 4.14. The minimum atomic E-state index is 0.927. The van der Waals surface area contributed by atoms with E-state index in [1.807, 2.05) is 19.2 Å². The normalized spacial score (nSPS) is 14.8. The van der Waals surface area contributed by atoms with E-state index < -0.39 is 0 Å². The molecule has 0 bridgehead atoms. The van der Waals surface area contributed by atoms with E-state index in [-0.39, 0.29) is 0 Å². The van der Waals surface area contributed by atoms with Crippen molar-refractivity contribution >= 4 is 11.4 Å². The minimum absolute atomic E-state index is 0.927. The smallest absolute Gasteiger partial charge is 0.0431 e. The SMILES string of the molecule is C=C(NCC1=CCCCC1)c1ccccc1NC. The second-order valence-electron chi connectivity index (χ2n) is 4.74. The summed E-state index contributed by atoms with van der Waals surface area (Å²) in [6.07, 6.45) is 7.50. The third kappa shape index (κ3) is 3.16. The van der Waals surface area contributed by atoms with E-state index in [0.717, 1.165) is 23.5 Å². The molecule has 0 fully saturated rings. The van der Waals surface area contributed by atoms with Gasteiger partial charge in [0.25, 0.3) is 0 Å². The van der Waals surface area contributed by atoms with Crippen LogP contribution in [0.1, 0.15) is 31.2 Å². The first kappa shape index (κ1) is 12.7. The molecule has 0 heterocycles. The Balaban J connectivity index is 1.97. The number of nitrogens with one attached hydrogen (secondary N) is 2. The number of hydrogen-bond acceptors (Lipinski definition) is 2. The van der Waals surface area contributed by atoms with Gasteiger partial charge in [-0.25, -0.2) is 0 Å². The Morgan fingerprint density at radius 3 is 2.83 bits per heavy atom. The van der Waals surface area contributed by atoms with Gasteiger partial charge in [-0.3, -0.25) is 0 Å². The molecule has 2 nitrogen and oxygen atoms in total. The molecule has 2 heteroatoms. The Hall–Kier alpha value is -1.70. The Kier molecular flexibility index (Phi) is 4.46. The van der Waals surface area contributed by atoms with E-state index in [0.29, 0.717) is 0 Å². The van der Waals surface area contributed by atoms with Crippen LogP contribution in [0.15, 0.2) is 42.5 Å². The summed E-state index contributed by atoms with van der Waals surface area (Å²) < 4.78 is 0. The Morgan fingerprint density at radius 1 is 1.28 bits per heavy atom. The summed E-state index contributed by atoms with van der Waals surface area (Å²) in [6.45, 7) is 5.07. The van der Waals surface area contributed by atoms with E-state index in [2.05, 4.69) is 35.4 Å². The fourth-order valence-electron chi connectivity index (χ4n) is 2.34. The molecule has 2 rings (SSSR count). The van der Waals surface area contributed by atoms with Gasteiger partial charge in [-0.15, -0.1) is 0 Å². The van der Waals surface area contributed by atoms with Crippen LogP contribution in [-0.2, 0) is 0 Å². The molecule has 0 atom stereocenters. The van der Waals surface area contributed by atoms with Crippen LogP contribution in [-0.4, -0.2) is 13.6 Å². The lowest BCUT2D eigenvalue weighted by Crippen LogP contribution is -2.16. The Labute approximate surface area is 110 Å². The van der Waals surface area contributed by atoms with Crippen LogP contribution in [0.2, 0.25) is 0 Å². The highest BCUT2D eigenvalue weighted by Crippen LogP contribution is 2.21. The van der Waals surface area contributed by atoms with Crippen molar-refractivity contribution in [2.45, 2.75) is 25.7 Å². The van der Waals surface area contributed by atoms with Gasteiger partial charge in [0.05, 0.1) is 0 Å². The molecular weight excluding hydrogens is 220 g/mol. The second-order valence-corrected chi connectivity index (χ2v) is 4.74. The molecule has 0 aromatic heterocycles. The standard InChI is InChI=1S/C16H22N2/c1-13(15-10-6-7-11-16(15)17-2)18-12-14-8-4-3-5-9-14/h6-8,10-11,17-18H,1,3-5,9,12H2,2H3. The first-order valence-corrected chi connectivity index (χ1v) is 6.69. The fraction of sp³-hybridized carbons (Fsp3) is 0.375. The van der Waals surface area contributed by atoms with Crippen LogP contribution >= 0.6 is 0 Å². The van der Waals surface area contributed by atoms with Crippen LogP contribution in [0.5, 0.6) is 0 Å². The van der Waals surface area contributed by atoms with E-state index >= 15 is 0 Å². The van der Waals surface area contributed by atoms with Crippen molar-refractivity contribution in [1.29, 1.82) is 0 Å². The van der Waals surface area contributed by atoms with Gasteiger partial charge in [-0.1, -0.05) is 36.4 Å². The van der Waals surface area contributed by atoms with Crippen molar-refractivity contribution < 1.29 is 0 Å². The van der Waals surface area contributed by atoms with Gasteiger partial charge >= 0.3 is 0 Å². The van der Waals surface area contributed by atoms with E-state index in [4.69, 9.17) is 0 Å². The van der Waals surface area contributed by atoms with Crippen molar-refractivity contribution in [3.63, 3.8) is 0 Å². The highest BCUT2D eigenvalue weighted by Gasteiger charge is 2.06. The number of anilines is 1. The maximum absolute atomic E-state index is 4.14. The lowest BCUT2D eigenvalue weighted by molar-refractivity contribution is 0.681. The zero-order chi connectivity index (χ0) is 12.8. The summed E-state index contributed by atoms with van der Waals surface area (Å²) in [5, 5.41) is 6.64. The lowest BCUT2D eigenvalue weighted by Gasteiger charge is -2.17. The number of benzene rings is 1. The summed E-state index contributed by atoms with van der Waals surface area (Å²) in [5.74, 6) is 0. The van der Waals surface area contributed by atoms with Gasteiger partial charge in [0.15, 0.2) is 0 Å². The number of para-hydroxylation sites is 1. The van der Waals surface area contributed by atoms with Gasteiger partial charge in [0.1, 0.15) is 0 Å². The molecular formula is C16H22N2. The topological polar surface area (TPSA) is 24.1 Å². The quantitative estimate of drug-likeness (QED) is 0.768. The predicted molar refractivity (Wildman–Crippen MR) is 79.6 cm³/mol. The molecule has 2 N–H and O–H groups in total. The zero-order valence-electron chi connectivity index (χ0n) is 11.1. The Morgan fingerprint density at radius 2 is 2.11 bits per heavy atom. The zero-order valence-corrected chi connectivity index (χ0v) is 11.1. The molecule has 1 aliphatic rings. The molecule has 1 aromatic rings. The molecule has 1 aliphatic carbocycles. The van der Waals surface area contributed by atoms with Crippen LogP contribution < -0.4 is 10.6 Å². The van der Waals surface area contributed by atoms with E-state index in [9.17, 15) is 0 Å². The highest BCUT2D eigenvalue weighted by molar-refractivity contribution is 5.73. The van der Waals surface area contributed by atoms with Crippen molar-refractivity contribution in [2.75, 3.05) is 18.9 Å². The van der Waals surface area contributed by atoms with Gasteiger partial charge in [-0.2, -0.15) is 0 Å². The average molecular weight is 242 g/mol. The van der Waals surface area contributed by atoms with Gasteiger partial charge in [-0.05, 0) is 31.7 Å². The largest absolute Gasteiger partial charge is 0.388 e. The first-order valence-electron chi connectivity index (χ1n) is 6.69. The lowest BCUT2D eigenvalue weighted by atomic mass is 9.99. The summed E-state index contributed by atoms with van der Waals surface area (Å²) in [5.41, 5.74) is 4.78. The Bertz CT molecular complexity index is 446. The second kappa shape index (κ2) is 6.29. The molecule has 0 amide bonds. The molecule has 0 saturated heterocycles. The average Bonchev–Trinajstić information content (AvgIpc) is 2.45. The van der Waals surface area contributed by atoms with Crippen LogP contribution in [0.25, 0.3) is 5.70 Å². The summed E-state index contributed by atoms with van der Waals surface area (Å²) >= 11 is 0. The van der Waals surface area contributed by atoms with Crippen LogP contribution in [0.4, 0.5) is 5.69 Å². The molecule has 0 unspecified atom stereocenters. The summed E-state index contributed by atoms with van der Waals surface area (Å²) in [7, 11) is 1.94. The van der Waals surface area contributed by atoms with Crippen molar-refractivity contribution in [3.8, 4) is 0 Å². The molecule has 18 heavy (non-hydrogen) atoms. The van der Waals surface area contributed by atoms with Crippen LogP contribution in [0.3, 0.4) is 0 Å². The fourth-order valence-corrected chi connectivity index (χ4v) is 2.34. The van der Waals surface area contributed by atoms with E-state index in [1.54, 1.807) is 0 Å². The van der Waals surface area contributed by atoms with Crippen molar-refractivity contribution in [3.05, 3.63) is 48.1 Å². The van der Waals surface area contributed by atoms with Gasteiger partial charge in [0.2, 0.25) is 0 Å². The maximum Gasteiger partial charge on any atom is 0.0431 e. The highest BCUT2D eigenvalue weighted by atomic mass is 14.9. The van der Waals surface area contributed by atoms with Gasteiger partial charge in [0, 0.05) is 30.5 Å². The van der Waals surface area contributed by atoms with E-state index in [1.165, 1.54) is 31.3 Å². The van der Waals surface area contributed by atoms with Crippen LogP contribution in [0, 0.1) is 0 Å². The molecule has 0 saturated carbocycles. The third-order valence-electron chi connectivity index (χ3n) is 3.44. The number of allylic oxidation sites excluding steroid dienone is 1. The monoisotopic (exact) mass is 242 g/mol. The van der Waals surface area contributed by atoms with Crippen molar-refractivity contribution in [2.24, 2.45) is 0 Å². The summed E-state index contributed by atoms with van der Waals surface area (Å²) in [4.78, 5) is 0. The first-order chi connectivity index (χ1) is 8.81. The molecule has 0 aliphatic heterocycles. The summed E-state index contributed by atoms with van der Waals surface area (Å²) in [6, 6.07) is 8.24. The third-order valence-corrected chi connectivity index (χ3v) is 3.44. The minimum Gasteiger partial charge on any atom is -0.388 e. The predicted octanol–water partition coefficient (Wildman–Crippen LogP) is 3.79. The molecule has 1 aromatic carbocycles. The molecule has 96 valence electrons. The number of hydrogen-bond donors (Lipinski definition) is 2. The van der Waals surface area contributed by atoms with Crippen molar-refractivity contribution in [1.82, 2.24) is 5.32 Å².